The maximum absolute atomic E-state index is 12.5. The van der Waals surface area contributed by atoms with E-state index in [0.29, 0.717) is 5.75 Å². The van der Waals surface area contributed by atoms with Gasteiger partial charge < -0.3 is 14.7 Å². The van der Waals surface area contributed by atoms with Gasteiger partial charge in [-0.2, -0.15) is 0 Å². The highest BCUT2D eigenvalue weighted by Crippen LogP contribution is 2.31. The van der Waals surface area contributed by atoms with Crippen LogP contribution in [-0.4, -0.2) is 40.6 Å². The standard InChI is InChI=1S/C20H21NO4/c1-14(20(23)24)21(16-11-12-16)19(22)13-25-18-10-6-5-9-17(18)15-7-3-2-4-8-15/h2-10,14,16H,11-13H2,1H3,(H,23,24). The van der Waals surface area contributed by atoms with Crippen LogP contribution in [0, 0.1) is 0 Å². The number of para-hydroxylation sites is 1. The molecule has 5 nitrogen and oxygen atoms in total. The van der Waals surface area contributed by atoms with Gasteiger partial charge in [-0.1, -0.05) is 48.5 Å². The molecule has 25 heavy (non-hydrogen) atoms. The predicted octanol–water partition coefficient (Wildman–Crippen LogP) is 3.20. The van der Waals surface area contributed by atoms with Crippen molar-refractivity contribution < 1.29 is 19.4 Å². The number of carboxylic acid groups (broad SMARTS) is 1. The Morgan fingerprint density at radius 1 is 1.12 bits per heavy atom. The number of carbonyl (C=O) groups is 2. The zero-order valence-electron chi connectivity index (χ0n) is 14.1. The van der Waals surface area contributed by atoms with Gasteiger partial charge in [0.1, 0.15) is 11.8 Å². The van der Waals surface area contributed by atoms with E-state index in [1.807, 2.05) is 54.6 Å². The Morgan fingerprint density at radius 3 is 2.40 bits per heavy atom. The second kappa shape index (κ2) is 7.38. The summed E-state index contributed by atoms with van der Waals surface area (Å²) in [6.07, 6.45) is 1.70. The zero-order chi connectivity index (χ0) is 17.8. The van der Waals surface area contributed by atoms with Gasteiger partial charge in [-0.15, -0.1) is 0 Å². The summed E-state index contributed by atoms with van der Waals surface area (Å²) < 4.78 is 5.76. The van der Waals surface area contributed by atoms with E-state index < -0.39 is 12.0 Å². The molecule has 0 aliphatic heterocycles. The first-order chi connectivity index (χ1) is 12.1. The Kier molecular flexibility index (Phi) is 5.03. The molecule has 2 aromatic carbocycles. The first-order valence-electron chi connectivity index (χ1n) is 8.39. The lowest BCUT2D eigenvalue weighted by atomic mass is 10.1. The highest BCUT2D eigenvalue weighted by Gasteiger charge is 2.38. The van der Waals surface area contributed by atoms with Crippen LogP contribution in [0.25, 0.3) is 11.1 Å². The fourth-order valence-corrected chi connectivity index (χ4v) is 2.87. The maximum Gasteiger partial charge on any atom is 0.326 e. The van der Waals surface area contributed by atoms with Crippen molar-refractivity contribution in [3.63, 3.8) is 0 Å². The van der Waals surface area contributed by atoms with Gasteiger partial charge in [-0.25, -0.2) is 4.79 Å². The van der Waals surface area contributed by atoms with Crippen molar-refractivity contribution in [2.75, 3.05) is 6.61 Å². The summed E-state index contributed by atoms with van der Waals surface area (Å²) in [4.78, 5) is 25.2. The molecule has 0 aromatic heterocycles. The lowest BCUT2D eigenvalue weighted by Gasteiger charge is -2.26. The van der Waals surface area contributed by atoms with Crippen LogP contribution in [0.3, 0.4) is 0 Å². The average Bonchev–Trinajstić information content (AvgIpc) is 3.46. The molecule has 0 spiro atoms. The van der Waals surface area contributed by atoms with E-state index in [9.17, 15) is 14.7 Å². The minimum Gasteiger partial charge on any atom is -0.483 e. The van der Waals surface area contributed by atoms with E-state index in [0.717, 1.165) is 24.0 Å². The molecule has 1 atom stereocenters. The van der Waals surface area contributed by atoms with Gasteiger partial charge in [0.2, 0.25) is 0 Å². The van der Waals surface area contributed by atoms with Crippen molar-refractivity contribution in [2.45, 2.75) is 31.8 Å². The second-order valence-electron chi connectivity index (χ2n) is 6.20. The number of hydrogen-bond donors (Lipinski definition) is 1. The number of carboxylic acids is 1. The van der Waals surface area contributed by atoms with Gasteiger partial charge in [-0.05, 0) is 31.4 Å². The highest BCUT2D eigenvalue weighted by molar-refractivity contribution is 5.85. The normalized spacial score (nSPS) is 14.6. The Bertz CT molecular complexity index is 755. The van der Waals surface area contributed by atoms with Crippen LogP contribution in [0.4, 0.5) is 0 Å². The van der Waals surface area contributed by atoms with Gasteiger partial charge in [0.15, 0.2) is 6.61 Å². The van der Waals surface area contributed by atoms with Crippen LogP contribution in [-0.2, 0) is 9.59 Å². The molecule has 1 unspecified atom stereocenters. The van der Waals surface area contributed by atoms with Crippen molar-refractivity contribution in [3.8, 4) is 16.9 Å². The lowest BCUT2D eigenvalue weighted by Crippen LogP contribution is -2.46. The van der Waals surface area contributed by atoms with Crippen LogP contribution in [0.1, 0.15) is 19.8 Å². The summed E-state index contributed by atoms with van der Waals surface area (Å²) in [7, 11) is 0. The van der Waals surface area contributed by atoms with Crippen LogP contribution in [0.15, 0.2) is 54.6 Å². The van der Waals surface area contributed by atoms with Crippen molar-refractivity contribution >= 4 is 11.9 Å². The monoisotopic (exact) mass is 339 g/mol. The summed E-state index contributed by atoms with van der Waals surface area (Å²) in [6, 6.07) is 16.5. The number of benzene rings is 2. The summed E-state index contributed by atoms with van der Waals surface area (Å²) in [6.45, 7) is 1.37. The van der Waals surface area contributed by atoms with Crippen molar-refractivity contribution in [3.05, 3.63) is 54.6 Å². The molecular formula is C20H21NO4. The van der Waals surface area contributed by atoms with Crippen molar-refractivity contribution in [2.24, 2.45) is 0 Å². The minimum absolute atomic E-state index is 0.0200. The van der Waals surface area contributed by atoms with Crippen molar-refractivity contribution in [1.29, 1.82) is 0 Å². The average molecular weight is 339 g/mol. The molecule has 1 saturated carbocycles. The molecule has 1 N–H and O–H groups in total. The fraction of sp³-hybridized carbons (Fsp3) is 0.300. The van der Waals surface area contributed by atoms with E-state index >= 15 is 0 Å². The molecule has 1 aliphatic carbocycles. The largest absolute Gasteiger partial charge is 0.483 e. The van der Waals surface area contributed by atoms with E-state index in [1.54, 1.807) is 0 Å². The van der Waals surface area contributed by atoms with Crippen LogP contribution in [0.5, 0.6) is 5.75 Å². The van der Waals surface area contributed by atoms with E-state index in [1.165, 1.54) is 11.8 Å². The number of carbonyl (C=O) groups excluding carboxylic acids is 1. The van der Waals surface area contributed by atoms with Crippen LogP contribution >= 0.6 is 0 Å². The Labute approximate surface area is 146 Å². The number of amides is 1. The van der Waals surface area contributed by atoms with Gasteiger partial charge in [0.25, 0.3) is 5.91 Å². The topological polar surface area (TPSA) is 66.8 Å². The Hall–Kier alpha value is -2.82. The molecule has 2 aromatic rings. The third-order valence-electron chi connectivity index (χ3n) is 4.33. The molecule has 130 valence electrons. The summed E-state index contributed by atoms with van der Waals surface area (Å²) >= 11 is 0. The Morgan fingerprint density at radius 2 is 1.76 bits per heavy atom. The summed E-state index contributed by atoms with van der Waals surface area (Å²) in [5.41, 5.74) is 1.91. The van der Waals surface area contributed by atoms with Crippen molar-refractivity contribution in [1.82, 2.24) is 4.90 Å². The predicted molar refractivity (Wildman–Crippen MR) is 94.3 cm³/mol. The van der Waals surface area contributed by atoms with E-state index in [4.69, 9.17) is 4.74 Å². The smallest absolute Gasteiger partial charge is 0.326 e. The highest BCUT2D eigenvalue weighted by atomic mass is 16.5. The zero-order valence-corrected chi connectivity index (χ0v) is 14.1. The molecule has 5 heteroatoms. The first-order valence-corrected chi connectivity index (χ1v) is 8.39. The van der Waals surface area contributed by atoms with Gasteiger partial charge in [-0.3, -0.25) is 4.79 Å². The molecule has 0 radical (unpaired) electrons. The van der Waals surface area contributed by atoms with Gasteiger partial charge in [0, 0.05) is 11.6 Å². The SMILES string of the molecule is CC(C(=O)O)N(C(=O)COc1ccccc1-c1ccccc1)C1CC1. The molecule has 3 rings (SSSR count). The lowest BCUT2D eigenvalue weighted by molar-refractivity contribution is -0.150. The number of ether oxygens (including phenoxy) is 1. The third kappa shape index (κ3) is 3.99. The quantitative estimate of drug-likeness (QED) is 0.841. The molecular weight excluding hydrogens is 318 g/mol. The van der Waals surface area contributed by atoms with Crippen LogP contribution < -0.4 is 4.74 Å². The number of aliphatic carboxylic acids is 1. The second-order valence-corrected chi connectivity index (χ2v) is 6.20. The molecule has 1 fully saturated rings. The molecule has 1 amide bonds. The molecule has 0 heterocycles. The summed E-state index contributed by atoms with van der Waals surface area (Å²) in [5.74, 6) is -0.675. The van der Waals surface area contributed by atoms with Gasteiger partial charge >= 0.3 is 5.97 Å². The Balaban J connectivity index is 1.73. The maximum atomic E-state index is 12.5. The molecule has 1 aliphatic rings. The fourth-order valence-electron chi connectivity index (χ4n) is 2.87. The van der Waals surface area contributed by atoms with Crippen LogP contribution in [0.2, 0.25) is 0 Å². The molecule has 0 bridgehead atoms. The number of nitrogens with zero attached hydrogens (tertiary/aromatic N) is 1. The van der Waals surface area contributed by atoms with E-state index in [-0.39, 0.29) is 18.6 Å². The summed E-state index contributed by atoms with van der Waals surface area (Å²) in [5, 5.41) is 9.22. The number of hydrogen-bond acceptors (Lipinski definition) is 3. The third-order valence-corrected chi connectivity index (χ3v) is 4.33. The first kappa shape index (κ1) is 17.0. The van der Waals surface area contributed by atoms with E-state index in [2.05, 4.69) is 0 Å². The minimum atomic E-state index is -0.995. The van der Waals surface area contributed by atoms with Gasteiger partial charge in [0.05, 0.1) is 0 Å². The number of rotatable bonds is 7. The molecule has 0 saturated heterocycles.